The van der Waals surface area contributed by atoms with Gasteiger partial charge in [0.15, 0.2) is 17.3 Å². The lowest BCUT2D eigenvalue weighted by molar-refractivity contribution is -0.120. The number of benzene rings is 1. The number of likely N-dealkylation sites (N-methyl/N-ethyl adjacent to an activating group) is 1. The fraction of sp³-hybridized carbons (Fsp3) is 0.429. The lowest BCUT2D eigenvalue weighted by atomic mass is 10.1. The average molecular weight is 278 g/mol. The zero-order valence-corrected chi connectivity index (χ0v) is 11.6. The molecule has 0 bridgehead atoms. The van der Waals surface area contributed by atoms with E-state index in [-0.39, 0.29) is 25.0 Å². The quantitative estimate of drug-likeness (QED) is 0.774. The molecule has 1 amide bonds. The van der Waals surface area contributed by atoms with Crippen molar-refractivity contribution in [3.63, 3.8) is 0 Å². The molecule has 0 saturated heterocycles. The molecule has 0 spiro atoms. The van der Waals surface area contributed by atoms with Gasteiger partial charge in [0, 0.05) is 25.6 Å². The fourth-order valence-corrected chi connectivity index (χ4v) is 1.90. The molecule has 6 heteroatoms. The third-order valence-corrected chi connectivity index (χ3v) is 3.11. The van der Waals surface area contributed by atoms with E-state index in [4.69, 9.17) is 9.47 Å². The Balaban J connectivity index is 1.89. The van der Waals surface area contributed by atoms with Crippen molar-refractivity contribution < 1.29 is 19.1 Å². The molecule has 1 N–H and O–H groups in total. The Bertz CT molecular complexity index is 516. The van der Waals surface area contributed by atoms with Gasteiger partial charge in [-0.25, -0.2) is 0 Å². The van der Waals surface area contributed by atoms with Crippen LogP contribution in [0.15, 0.2) is 18.2 Å². The summed E-state index contributed by atoms with van der Waals surface area (Å²) >= 11 is 0. The molecule has 108 valence electrons. The molecule has 1 heterocycles. The highest BCUT2D eigenvalue weighted by molar-refractivity contribution is 5.98. The lowest BCUT2D eigenvalue weighted by Crippen LogP contribution is -2.30. The van der Waals surface area contributed by atoms with Crippen LogP contribution in [0.25, 0.3) is 0 Å². The van der Waals surface area contributed by atoms with Gasteiger partial charge in [0.05, 0.1) is 6.54 Å². The summed E-state index contributed by atoms with van der Waals surface area (Å²) in [7, 11) is 3.41. The molecule has 0 unspecified atom stereocenters. The number of Topliss-reactive ketones (excluding diaryl/α,β-unsaturated/α-hetero) is 1. The third kappa shape index (κ3) is 3.48. The lowest BCUT2D eigenvalue weighted by Gasteiger charge is -2.15. The van der Waals surface area contributed by atoms with E-state index in [9.17, 15) is 9.59 Å². The zero-order chi connectivity index (χ0) is 14.5. The Morgan fingerprint density at radius 3 is 2.80 bits per heavy atom. The summed E-state index contributed by atoms with van der Waals surface area (Å²) in [6, 6.07) is 5.15. The van der Waals surface area contributed by atoms with Crippen LogP contribution in [0.3, 0.4) is 0 Å². The first-order valence-corrected chi connectivity index (χ1v) is 6.42. The number of carbonyl (C=O) groups is 2. The topological polar surface area (TPSA) is 67.9 Å². The summed E-state index contributed by atoms with van der Waals surface area (Å²) in [6.45, 7) is 0.992. The van der Waals surface area contributed by atoms with Gasteiger partial charge in [-0.15, -0.1) is 0 Å². The first-order chi connectivity index (χ1) is 9.60. The van der Waals surface area contributed by atoms with Crippen LogP contribution in [0.1, 0.15) is 16.8 Å². The van der Waals surface area contributed by atoms with Crippen molar-refractivity contribution in [2.45, 2.75) is 6.42 Å². The van der Waals surface area contributed by atoms with Crippen LogP contribution in [0, 0.1) is 0 Å². The molecule has 1 aromatic rings. The second kappa shape index (κ2) is 6.38. The van der Waals surface area contributed by atoms with Crippen molar-refractivity contribution in [1.29, 1.82) is 0 Å². The van der Waals surface area contributed by atoms with Crippen LogP contribution in [0.4, 0.5) is 0 Å². The van der Waals surface area contributed by atoms with Crippen molar-refractivity contribution in [3.05, 3.63) is 23.8 Å². The fourth-order valence-electron chi connectivity index (χ4n) is 1.90. The predicted octanol–water partition coefficient (Wildman–Crippen LogP) is 0.666. The van der Waals surface area contributed by atoms with Gasteiger partial charge in [0.25, 0.3) is 0 Å². The molecule has 0 fully saturated rings. The maximum Gasteiger partial charge on any atom is 0.231 e. The van der Waals surface area contributed by atoms with Gasteiger partial charge >= 0.3 is 0 Å². The molecule has 0 saturated carbocycles. The monoisotopic (exact) mass is 278 g/mol. The van der Waals surface area contributed by atoms with Crippen LogP contribution in [0.5, 0.6) is 11.5 Å². The molecule has 2 rings (SSSR count). The minimum absolute atomic E-state index is 0.0114. The maximum atomic E-state index is 12.1. The summed E-state index contributed by atoms with van der Waals surface area (Å²) in [5.41, 5.74) is 0.584. The van der Waals surface area contributed by atoms with Crippen molar-refractivity contribution in [1.82, 2.24) is 10.2 Å². The number of ketones is 1. The standard InChI is InChI=1S/C14H18N2O4/c1-15-14(18)5-6-16(2)8-11(17)10-3-4-12-13(7-10)20-9-19-12/h3-4,7H,5-6,8-9H2,1-2H3,(H,15,18). The second-order valence-electron chi connectivity index (χ2n) is 4.65. The highest BCUT2D eigenvalue weighted by Crippen LogP contribution is 2.32. The van der Waals surface area contributed by atoms with Gasteiger partial charge in [-0.1, -0.05) is 0 Å². The molecule has 1 aliphatic rings. The Morgan fingerprint density at radius 1 is 1.30 bits per heavy atom. The highest BCUT2D eigenvalue weighted by atomic mass is 16.7. The molecule has 0 atom stereocenters. The Morgan fingerprint density at radius 2 is 2.05 bits per heavy atom. The molecule has 6 nitrogen and oxygen atoms in total. The smallest absolute Gasteiger partial charge is 0.231 e. The zero-order valence-electron chi connectivity index (χ0n) is 11.6. The Kier molecular flexibility index (Phi) is 4.57. The van der Waals surface area contributed by atoms with Crippen LogP contribution in [-0.4, -0.2) is 50.6 Å². The number of amides is 1. The third-order valence-electron chi connectivity index (χ3n) is 3.11. The van der Waals surface area contributed by atoms with E-state index >= 15 is 0 Å². The van der Waals surface area contributed by atoms with Gasteiger partial charge in [-0.05, 0) is 25.2 Å². The van der Waals surface area contributed by atoms with Crippen molar-refractivity contribution in [3.8, 4) is 11.5 Å². The summed E-state index contributed by atoms with van der Waals surface area (Å²) < 4.78 is 10.4. The van der Waals surface area contributed by atoms with Crippen LogP contribution >= 0.6 is 0 Å². The summed E-state index contributed by atoms with van der Waals surface area (Å²) in [6.07, 6.45) is 0.376. The largest absolute Gasteiger partial charge is 0.454 e. The molecule has 0 aliphatic carbocycles. The van der Waals surface area contributed by atoms with Gasteiger partial charge in [0.1, 0.15) is 0 Å². The number of carbonyl (C=O) groups excluding carboxylic acids is 2. The highest BCUT2D eigenvalue weighted by Gasteiger charge is 2.17. The van der Waals surface area contributed by atoms with Gasteiger partial charge < -0.3 is 14.8 Å². The molecule has 1 aromatic carbocycles. The van der Waals surface area contributed by atoms with E-state index < -0.39 is 0 Å². The van der Waals surface area contributed by atoms with Gasteiger partial charge in [-0.2, -0.15) is 0 Å². The van der Waals surface area contributed by atoms with Crippen LogP contribution in [-0.2, 0) is 4.79 Å². The predicted molar refractivity (Wildman–Crippen MR) is 73.1 cm³/mol. The molecular weight excluding hydrogens is 260 g/mol. The van der Waals surface area contributed by atoms with Crippen molar-refractivity contribution in [2.24, 2.45) is 0 Å². The summed E-state index contributed by atoms with van der Waals surface area (Å²) in [5, 5.41) is 2.55. The minimum Gasteiger partial charge on any atom is -0.454 e. The summed E-state index contributed by atoms with van der Waals surface area (Å²) in [4.78, 5) is 25.1. The number of fused-ring (bicyclic) bond motifs is 1. The van der Waals surface area contributed by atoms with Gasteiger partial charge in [0.2, 0.25) is 12.7 Å². The normalized spacial score (nSPS) is 12.6. The number of nitrogens with one attached hydrogen (secondary N) is 1. The molecule has 0 aromatic heterocycles. The van der Waals surface area contributed by atoms with Crippen molar-refractivity contribution in [2.75, 3.05) is 34.0 Å². The number of hydrogen-bond acceptors (Lipinski definition) is 5. The van der Waals surface area contributed by atoms with E-state index in [1.165, 1.54) is 0 Å². The van der Waals surface area contributed by atoms with E-state index in [0.717, 1.165) is 0 Å². The molecule has 0 radical (unpaired) electrons. The van der Waals surface area contributed by atoms with E-state index in [0.29, 0.717) is 30.0 Å². The van der Waals surface area contributed by atoms with Crippen LogP contribution < -0.4 is 14.8 Å². The number of nitrogens with zero attached hydrogens (tertiary/aromatic N) is 1. The number of ether oxygens (including phenoxy) is 2. The second-order valence-corrected chi connectivity index (χ2v) is 4.65. The summed E-state index contributed by atoms with van der Waals surface area (Å²) in [5.74, 6) is 1.22. The number of rotatable bonds is 6. The van der Waals surface area contributed by atoms with E-state index in [1.807, 2.05) is 11.9 Å². The molecule has 1 aliphatic heterocycles. The van der Waals surface area contributed by atoms with Crippen LogP contribution in [0.2, 0.25) is 0 Å². The Labute approximate surface area is 117 Å². The number of hydrogen-bond donors (Lipinski definition) is 1. The minimum atomic E-state index is -0.0348. The molecule has 20 heavy (non-hydrogen) atoms. The molecular formula is C14H18N2O4. The maximum absolute atomic E-state index is 12.1. The first-order valence-electron chi connectivity index (χ1n) is 6.42. The van der Waals surface area contributed by atoms with E-state index in [1.54, 1.807) is 25.2 Å². The SMILES string of the molecule is CNC(=O)CCN(C)CC(=O)c1ccc2c(c1)OCO2. The van der Waals surface area contributed by atoms with Gasteiger partial charge in [-0.3, -0.25) is 14.5 Å². The Hall–Kier alpha value is -2.08. The van der Waals surface area contributed by atoms with Crippen molar-refractivity contribution >= 4 is 11.7 Å². The average Bonchev–Trinajstić information content (AvgIpc) is 2.91. The first kappa shape index (κ1) is 14.3. The van der Waals surface area contributed by atoms with E-state index in [2.05, 4.69) is 5.32 Å².